The largest absolute Gasteiger partial charge is 0.497 e. The van der Waals surface area contributed by atoms with Crippen molar-refractivity contribution in [1.82, 2.24) is 5.32 Å². The molecule has 1 aromatic rings. The SMILES string of the molecule is COc1cc(CCNC(=O)C2CCCC(C)C2)cc(OC)c1. The fourth-order valence-corrected chi connectivity index (χ4v) is 3.16. The fraction of sp³-hybridized carbons (Fsp3) is 0.611. The van der Waals surface area contributed by atoms with Crippen molar-refractivity contribution in [2.75, 3.05) is 20.8 Å². The van der Waals surface area contributed by atoms with Crippen LogP contribution >= 0.6 is 0 Å². The van der Waals surface area contributed by atoms with Crippen molar-refractivity contribution >= 4 is 5.91 Å². The number of amides is 1. The van der Waals surface area contributed by atoms with E-state index in [0.717, 1.165) is 36.3 Å². The van der Waals surface area contributed by atoms with E-state index in [9.17, 15) is 4.79 Å². The molecule has 0 aliphatic heterocycles. The minimum absolute atomic E-state index is 0.198. The van der Waals surface area contributed by atoms with E-state index in [1.165, 1.54) is 12.8 Å². The molecule has 1 N–H and O–H groups in total. The molecule has 1 aliphatic carbocycles. The summed E-state index contributed by atoms with van der Waals surface area (Å²) in [4.78, 5) is 12.2. The summed E-state index contributed by atoms with van der Waals surface area (Å²) >= 11 is 0. The minimum Gasteiger partial charge on any atom is -0.497 e. The van der Waals surface area contributed by atoms with Gasteiger partial charge in [-0.3, -0.25) is 4.79 Å². The lowest BCUT2D eigenvalue weighted by Crippen LogP contribution is -2.34. The smallest absolute Gasteiger partial charge is 0.223 e. The van der Waals surface area contributed by atoms with Crippen LogP contribution in [0.15, 0.2) is 18.2 Å². The van der Waals surface area contributed by atoms with Crippen LogP contribution in [0.1, 0.15) is 38.2 Å². The number of hydrogen-bond donors (Lipinski definition) is 1. The summed E-state index contributed by atoms with van der Waals surface area (Å²) in [6.45, 7) is 2.89. The van der Waals surface area contributed by atoms with E-state index in [4.69, 9.17) is 9.47 Å². The zero-order valence-corrected chi connectivity index (χ0v) is 13.9. The van der Waals surface area contributed by atoms with E-state index in [2.05, 4.69) is 12.2 Å². The van der Waals surface area contributed by atoms with E-state index in [1.54, 1.807) is 14.2 Å². The fourth-order valence-electron chi connectivity index (χ4n) is 3.16. The number of nitrogens with one attached hydrogen (secondary N) is 1. The molecule has 0 saturated heterocycles. The molecule has 122 valence electrons. The van der Waals surface area contributed by atoms with Crippen molar-refractivity contribution in [2.24, 2.45) is 11.8 Å². The van der Waals surface area contributed by atoms with Gasteiger partial charge >= 0.3 is 0 Å². The van der Waals surface area contributed by atoms with Gasteiger partial charge in [-0.15, -0.1) is 0 Å². The molecule has 1 aliphatic rings. The highest BCUT2D eigenvalue weighted by Crippen LogP contribution is 2.28. The molecule has 1 aromatic carbocycles. The lowest BCUT2D eigenvalue weighted by atomic mass is 9.82. The number of ether oxygens (including phenoxy) is 2. The summed E-state index contributed by atoms with van der Waals surface area (Å²) in [5.41, 5.74) is 1.11. The van der Waals surface area contributed by atoms with Crippen LogP contribution in [0.2, 0.25) is 0 Å². The third-order valence-electron chi connectivity index (χ3n) is 4.43. The predicted octanol–water partition coefficient (Wildman–Crippen LogP) is 3.19. The Morgan fingerprint density at radius 1 is 1.18 bits per heavy atom. The monoisotopic (exact) mass is 305 g/mol. The molecule has 2 rings (SSSR count). The van der Waals surface area contributed by atoms with Gasteiger partial charge in [0, 0.05) is 18.5 Å². The molecule has 0 spiro atoms. The van der Waals surface area contributed by atoms with E-state index < -0.39 is 0 Å². The normalized spacial score (nSPS) is 21.2. The number of carbonyl (C=O) groups excluding carboxylic acids is 1. The minimum atomic E-state index is 0.198. The maximum Gasteiger partial charge on any atom is 0.223 e. The lowest BCUT2D eigenvalue weighted by Gasteiger charge is -2.25. The third kappa shape index (κ3) is 4.65. The third-order valence-corrected chi connectivity index (χ3v) is 4.43. The van der Waals surface area contributed by atoms with Crippen molar-refractivity contribution in [3.05, 3.63) is 23.8 Å². The molecule has 0 heterocycles. The summed E-state index contributed by atoms with van der Waals surface area (Å²) in [5, 5.41) is 3.08. The number of benzene rings is 1. The van der Waals surface area contributed by atoms with Gasteiger partial charge in [-0.25, -0.2) is 0 Å². The second-order valence-corrected chi connectivity index (χ2v) is 6.23. The van der Waals surface area contributed by atoms with Crippen LogP contribution in [0, 0.1) is 11.8 Å². The van der Waals surface area contributed by atoms with Gasteiger partial charge in [-0.05, 0) is 42.9 Å². The van der Waals surface area contributed by atoms with E-state index in [0.29, 0.717) is 12.5 Å². The van der Waals surface area contributed by atoms with Crippen LogP contribution in [0.3, 0.4) is 0 Å². The highest BCUT2D eigenvalue weighted by atomic mass is 16.5. The quantitative estimate of drug-likeness (QED) is 0.878. The summed E-state index contributed by atoms with van der Waals surface area (Å²) in [6.07, 6.45) is 5.27. The molecule has 4 heteroatoms. The van der Waals surface area contributed by atoms with Crippen LogP contribution in [0.5, 0.6) is 11.5 Å². The molecule has 1 amide bonds. The van der Waals surface area contributed by atoms with Crippen molar-refractivity contribution in [2.45, 2.75) is 39.0 Å². The summed E-state index contributed by atoms with van der Waals surface area (Å²) in [5.74, 6) is 2.64. The second kappa shape index (κ2) is 8.06. The Morgan fingerprint density at radius 3 is 2.45 bits per heavy atom. The summed E-state index contributed by atoms with van der Waals surface area (Å²) < 4.78 is 10.5. The van der Waals surface area contributed by atoms with Gasteiger partial charge in [0.2, 0.25) is 5.91 Å². The standard InChI is InChI=1S/C18H27NO3/c1-13-5-4-6-15(9-13)18(20)19-8-7-14-10-16(21-2)12-17(11-14)22-3/h10-13,15H,4-9H2,1-3H3,(H,19,20). The molecule has 0 radical (unpaired) electrons. The average Bonchev–Trinajstić information content (AvgIpc) is 2.54. The van der Waals surface area contributed by atoms with E-state index in [-0.39, 0.29) is 11.8 Å². The number of hydrogen-bond acceptors (Lipinski definition) is 3. The van der Waals surface area contributed by atoms with Crippen LogP contribution < -0.4 is 14.8 Å². The van der Waals surface area contributed by atoms with Crippen LogP contribution in [0.25, 0.3) is 0 Å². The molecule has 4 nitrogen and oxygen atoms in total. The lowest BCUT2D eigenvalue weighted by molar-refractivity contribution is -0.126. The molecule has 0 bridgehead atoms. The Hall–Kier alpha value is -1.71. The Morgan fingerprint density at radius 2 is 1.86 bits per heavy atom. The van der Waals surface area contributed by atoms with Crippen molar-refractivity contribution < 1.29 is 14.3 Å². The van der Waals surface area contributed by atoms with Gasteiger partial charge in [0.05, 0.1) is 14.2 Å². The first-order valence-electron chi connectivity index (χ1n) is 8.12. The second-order valence-electron chi connectivity index (χ2n) is 6.23. The van der Waals surface area contributed by atoms with Gasteiger partial charge in [0.1, 0.15) is 11.5 Å². The van der Waals surface area contributed by atoms with Crippen molar-refractivity contribution in [1.29, 1.82) is 0 Å². The van der Waals surface area contributed by atoms with Gasteiger partial charge in [-0.2, -0.15) is 0 Å². The highest BCUT2D eigenvalue weighted by Gasteiger charge is 2.24. The molecular formula is C18H27NO3. The molecule has 1 fully saturated rings. The van der Waals surface area contributed by atoms with Crippen LogP contribution in [-0.2, 0) is 11.2 Å². The maximum atomic E-state index is 12.2. The zero-order valence-electron chi connectivity index (χ0n) is 13.9. The summed E-state index contributed by atoms with van der Waals surface area (Å²) in [6, 6.07) is 5.82. The average molecular weight is 305 g/mol. The Balaban J connectivity index is 1.84. The maximum absolute atomic E-state index is 12.2. The van der Waals surface area contributed by atoms with Gasteiger partial charge in [0.25, 0.3) is 0 Å². The van der Waals surface area contributed by atoms with Crippen molar-refractivity contribution in [3.63, 3.8) is 0 Å². The van der Waals surface area contributed by atoms with Gasteiger partial charge in [-0.1, -0.05) is 19.8 Å². The van der Waals surface area contributed by atoms with Crippen LogP contribution in [0.4, 0.5) is 0 Å². The Labute approximate surface area is 133 Å². The number of carbonyl (C=O) groups is 1. The Bertz CT molecular complexity index is 479. The molecule has 1 saturated carbocycles. The van der Waals surface area contributed by atoms with Gasteiger partial charge in [0.15, 0.2) is 0 Å². The topological polar surface area (TPSA) is 47.6 Å². The highest BCUT2D eigenvalue weighted by molar-refractivity contribution is 5.78. The zero-order chi connectivity index (χ0) is 15.9. The predicted molar refractivity (Wildman–Crippen MR) is 87.4 cm³/mol. The van der Waals surface area contributed by atoms with Crippen LogP contribution in [-0.4, -0.2) is 26.7 Å². The number of methoxy groups -OCH3 is 2. The molecule has 0 aromatic heterocycles. The first-order valence-corrected chi connectivity index (χ1v) is 8.12. The molecule has 2 unspecified atom stereocenters. The molecule has 2 atom stereocenters. The van der Waals surface area contributed by atoms with Crippen molar-refractivity contribution in [3.8, 4) is 11.5 Å². The van der Waals surface area contributed by atoms with E-state index >= 15 is 0 Å². The first-order chi connectivity index (χ1) is 10.6. The molecule has 22 heavy (non-hydrogen) atoms. The number of rotatable bonds is 6. The first kappa shape index (κ1) is 16.7. The van der Waals surface area contributed by atoms with Gasteiger partial charge < -0.3 is 14.8 Å². The summed E-state index contributed by atoms with van der Waals surface area (Å²) in [7, 11) is 3.29. The molecular weight excluding hydrogens is 278 g/mol. The Kier molecular flexibility index (Phi) is 6.10. The van der Waals surface area contributed by atoms with E-state index in [1.807, 2.05) is 18.2 Å².